The van der Waals surface area contributed by atoms with Crippen molar-refractivity contribution in [1.82, 2.24) is 15.1 Å². The van der Waals surface area contributed by atoms with Crippen LogP contribution in [0.1, 0.15) is 24.2 Å². The second-order valence-electron chi connectivity index (χ2n) is 6.35. The lowest BCUT2D eigenvalue weighted by Crippen LogP contribution is -2.32. The van der Waals surface area contributed by atoms with Crippen LogP contribution < -0.4 is 15.4 Å². The number of hydrogen-bond donors (Lipinski definition) is 2. The predicted octanol–water partition coefficient (Wildman–Crippen LogP) is 2.99. The van der Waals surface area contributed by atoms with Crippen molar-refractivity contribution in [2.45, 2.75) is 33.2 Å². The molecule has 1 aromatic heterocycles. The molecule has 0 aliphatic rings. The van der Waals surface area contributed by atoms with Crippen LogP contribution in [0.25, 0.3) is 0 Å². The summed E-state index contributed by atoms with van der Waals surface area (Å²) in [4.78, 5) is 4.28. The molecule has 0 spiro atoms. The van der Waals surface area contributed by atoms with Gasteiger partial charge in [0.25, 0.3) is 0 Å². The molecule has 2 N–H and O–H groups in total. The van der Waals surface area contributed by atoms with Crippen LogP contribution in [0.15, 0.2) is 35.3 Å². The van der Waals surface area contributed by atoms with Crippen molar-refractivity contribution < 1.29 is 9.47 Å². The Kier molecular flexibility index (Phi) is 8.64. The number of guanidine groups is 1. The molecular weight excluding hydrogens is 342 g/mol. The Bertz CT molecular complexity index is 727. The number of methoxy groups -OCH3 is 1. The Labute approximate surface area is 161 Å². The fourth-order valence-corrected chi connectivity index (χ4v) is 2.71. The third-order valence-electron chi connectivity index (χ3n) is 4.02. The fourth-order valence-electron chi connectivity index (χ4n) is 2.71. The van der Waals surface area contributed by atoms with Gasteiger partial charge >= 0.3 is 0 Å². The zero-order valence-electron chi connectivity index (χ0n) is 16.8. The lowest BCUT2D eigenvalue weighted by Gasteiger charge is -2.13. The van der Waals surface area contributed by atoms with E-state index in [0.717, 1.165) is 49.0 Å². The number of rotatable bonds is 10. The molecule has 0 unspecified atom stereocenters. The Morgan fingerprint density at radius 1 is 1.19 bits per heavy atom. The van der Waals surface area contributed by atoms with Crippen molar-refractivity contribution in [2.24, 2.45) is 4.99 Å². The first-order chi connectivity index (χ1) is 13.1. The average molecular weight is 374 g/mol. The number of aromatic nitrogens is 2. The SMILES string of the molecule is CN=C(NCCCn1nc(C)cc1C)Nc1cccc(OCCCOC)c1. The second kappa shape index (κ2) is 11.2. The molecule has 0 atom stereocenters. The van der Waals surface area contributed by atoms with Crippen LogP contribution in [0.5, 0.6) is 5.75 Å². The first-order valence-corrected chi connectivity index (χ1v) is 9.33. The van der Waals surface area contributed by atoms with Crippen molar-refractivity contribution in [2.75, 3.05) is 39.2 Å². The number of benzene rings is 1. The van der Waals surface area contributed by atoms with Gasteiger partial charge in [0.2, 0.25) is 0 Å². The van der Waals surface area contributed by atoms with Crippen LogP contribution in [0.4, 0.5) is 5.69 Å². The highest BCUT2D eigenvalue weighted by Crippen LogP contribution is 2.17. The molecule has 0 bridgehead atoms. The summed E-state index contributed by atoms with van der Waals surface area (Å²) < 4.78 is 12.8. The minimum absolute atomic E-state index is 0.636. The fraction of sp³-hybridized carbons (Fsp3) is 0.500. The van der Waals surface area contributed by atoms with Crippen molar-refractivity contribution in [3.05, 3.63) is 41.7 Å². The number of nitrogens with one attached hydrogen (secondary N) is 2. The van der Waals surface area contributed by atoms with Crippen molar-refractivity contribution in [1.29, 1.82) is 0 Å². The lowest BCUT2D eigenvalue weighted by atomic mass is 10.3. The molecule has 148 valence electrons. The van der Waals surface area contributed by atoms with E-state index < -0.39 is 0 Å². The number of aliphatic imine (C=N–C) groups is 1. The number of anilines is 1. The van der Waals surface area contributed by atoms with E-state index in [0.29, 0.717) is 13.2 Å². The zero-order chi connectivity index (χ0) is 19.5. The minimum atomic E-state index is 0.636. The highest BCUT2D eigenvalue weighted by molar-refractivity contribution is 5.93. The normalized spacial score (nSPS) is 11.5. The lowest BCUT2D eigenvalue weighted by molar-refractivity contribution is 0.172. The molecule has 7 heteroatoms. The molecule has 0 fully saturated rings. The molecule has 0 amide bonds. The molecule has 0 aliphatic heterocycles. The smallest absolute Gasteiger partial charge is 0.195 e. The van der Waals surface area contributed by atoms with E-state index in [4.69, 9.17) is 9.47 Å². The highest BCUT2D eigenvalue weighted by Gasteiger charge is 2.03. The van der Waals surface area contributed by atoms with E-state index in [1.807, 2.05) is 35.9 Å². The first-order valence-electron chi connectivity index (χ1n) is 9.33. The minimum Gasteiger partial charge on any atom is -0.493 e. The van der Waals surface area contributed by atoms with Crippen LogP contribution >= 0.6 is 0 Å². The summed E-state index contributed by atoms with van der Waals surface area (Å²) in [6.45, 7) is 7.13. The standard InChI is InChI=1S/C20H31N5O2/c1-16-14-17(2)25(24-16)11-6-10-22-20(21-3)23-18-8-5-9-19(15-18)27-13-7-12-26-4/h5,8-9,14-15H,6-7,10-13H2,1-4H3,(H2,21,22,23). The Morgan fingerprint density at radius 2 is 2.04 bits per heavy atom. The van der Waals surface area contributed by atoms with Gasteiger partial charge in [-0.2, -0.15) is 5.10 Å². The summed E-state index contributed by atoms with van der Waals surface area (Å²) in [7, 11) is 3.46. The van der Waals surface area contributed by atoms with E-state index in [2.05, 4.69) is 33.7 Å². The molecule has 1 aromatic carbocycles. The average Bonchev–Trinajstić information content (AvgIpc) is 2.99. The molecule has 0 aliphatic carbocycles. The van der Waals surface area contributed by atoms with Gasteiger partial charge in [-0.1, -0.05) is 6.07 Å². The maximum atomic E-state index is 5.73. The molecule has 2 rings (SSSR count). The molecule has 0 radical (unpaired) electrons. The van der Waals surface area contributed by atoms with Gasteiger partial charge in [0.1, 0.15) is 5.75 Å². The van der Waals surface area contributed by atoms with E-state index in [1.165, 1.54) is 5.69 Å². The molecule has 2 aromatic rings. The molecule has 1 heterocycles. The van der Waals surface area contributed by atoms with E-state index in [9.17, 15) is 0 Å². The van der Waals surface area contributed by atoms with E-state index in [-0.39, 0.29) is 0 Å². The summed E-state index contributed by atoms with van der Waals surface area (Å²) in [6.07, 6.45) is 1.83. The van der Waals surface area contributed by atoms with Gasteiger partial charge in [0.05, 0.1) is 12.3 Å². The van der Waals surface area contributed by atoms with Crippen molar-refractivity contribution in [3.63, 3.8) is 0 Å². The topological polar surface area (TPSA) is 72.7 Å². The van der Waals surface area contributed by atoms with Gasteiger partial charge in [0, 0.05) is 57.7 Å². The summed E-state index contributed by atoms with van der Waals surface area (Å²) in [5.74, 6) is 1.57. The summed E-state index contributed by atoms with van der Waals surface area (Å²) in [5, 5.41) is 11.1. The molecular formula is C20H31N5O2. The predicted molar refractivity (Wildman–Crippen MR) is 110 cm³/mol. The van der Waals surface area contributed by atoms with Crippen LogP contribution in [-0.2, 0) is 11.3 Å². The van der Waals surface area contributed by atoms with Crippen LogP contribution in [-0.4, -0.2) is 49.7 Å². The van der Waals surface area contributed by atoms with E-state index >= 15 is 0 Å². The number of aryl methyl sites for hydroxylation is 3. The number of ether oxygens (including phenoxy) is 2. The second-order valence-corrected chi connectivity index (χ2v) is 6.35. The summed E-state index contributed by atoms with van der Waals surface area (Å²) in [5.41, 5.74) is 3.19. The summed E-state index contributed by atoms with van der Waals surface area (Å²) in [6, 6.07) is 9.96. The van der Waals surface area contributed by atoms with Gasteiger partial charge < -0.3 is 20.1 Å². The van der Waals surface area contributed by atoms with Crippen LogP contribution in [0.2, 0.25) is 0 Å². The largest absolute Gasteiger partial charge is 0.493 e. The first kappa shape index (κ1) is 20.8. The van der Waals surface area contributed by atoms with Crippen molar-refractivity contribution in [3.8, 4) is 5.75 Å². The van der Waals surface area contributed by atoms with E-state index in [1.54, 1.807) is 14.2 Å². The van der Waals surface area contributed by atoms with Gasteiger partial charge in [0.15, 0.2) is 5.96 Å². The van der Waals surface area contributed by atoms with Gasteiger partial charge in [-0.25, -0.2) is 0 Å². The van der Waals surface area contributed by atoms with Gasteiger partial charge in [-0.05, 0) is 38.5 Å². The molecule has 7 nitrogen and oxygen atoms in total. The van der Waals surface area contributed by atoms with Gasteiger partial charge in [-0.15, -0.1) is 0 Å². The number of hydrogen-bond acceptors (Lipinski definition) is 4. The monoisotopic (exact) mass is 373 g/mol. The molecule has 0 saturated heterocycles. The maximum Gasteiger partial charge on any atom is 0.195 e. The third kappa shape index (κ3) is 7.30. The highest BCUT2D eigenvalue weighted by atomic mass is 16.5. The Balaban J connectivity index is 1.76. The molecule has 27 heavy (non-hydrogen) atoms. The third-order valence-corrected chi connectivity index (χ3v) is 4.02. The van der Waals surface area contributed by atoms with Gasteiger partial charge in [-0.3, -0.25) is 9.67 Å². The maximum absolute atomic E-state index is 5.73. The quantitative estimate of drug-likeness (QED) is 0.380. The molecule has 0 saturated carbocycles. The Morgan fingerprint density at radius 3 is 2.74 bits per heavy atom. The van der Waals surface area contributed by atoms with Crippen LogP contribution in [0, 0.1) is 13.8 Å². The number of nitrogens with zero attached hydrogens (tertiary/aromatic N) is 3. The van der Waals surface area contributed by atoms with Crippen LogP contribution in [0.3, 0.4) is 0 Å². The zero-order valence-corrected chi connectivity index (χ0v) is 16.8. The summed E-state index contributed by atoms with van der Waals surface area (Å²) >= 11 is 0. The van der Waals surface area contributed by atoms with Crippen molar-refractivity contribution >= 4 is 11.6 Å². The Hall–Kier alpha value is -2.54.